The predicted octanol–water partition coefficient (Wildman–Crippen LogP) is 2.16. The first-order chi connectivity index (χ1) is 12.5. The van der Waals surface area contributed by atoms with Crippen molar-refractivity contribution < 1.29 is 17.8 Å². The van der Waals surface area contributed by atoms with Gasteiger partial charge >= 0.3 is 0 Å². The Morgan fingerprint density at radius 3 is 2.37 bits per heavy atom. The quantitative estimate of drug-likeness (QED) is 0.499. The summed E-state index contributed by atoms with van der Waals surface area (Å²) in [6, 6.07) is 6.46. The molecule has 1 aromatic carbocycles. The third-order valence-electron chi connectivity index (χ3n) is 3.98. The van der Waals surface area contributed by atoms with E-state index in [0.717, 1.165) is 0 Å². The number of hydrogen-bond donors (Lipinski definition) is 4. The third-order valence-corrected chi connectivity index (χ3v) is 4.68. The largest absolute Gasteiger partial charge is 0.367 e. The van der Waals surface area contributed by atoms with Crippen molar-refractivity contribution in [1.82, 2.24) is 9.97 Å². The molecule has 0 saturated carbocycles. The summed E-state index contributed by atoms with van der Waals surface area (Å²) in [5, 5.41) is 6.14. The van der Waals surface area contributed by atoms with E-state index in [1.807, 2.05) is 20.8 Å². The summed E-state index contributed by atoms with van der Waals surface area (Å²) in [5.74, 6) is -0.190. The van der Waals surface area contributed by atoms with Gasteiger partial charge in [-0.1, -0.05) is 26.0 Å². The van der Waals surface area contributed by atoms with Crippen LogP contribution in [0.1, 0.15) is 36.7 Å². The van der Waals surface area contributed by atoms with Crippen LogP contribution in [-0.4, -0.2) is 34.9 Å². The molecule has 1 heterocycles. The van der Waals surface area contributed by atoms with Crippen LogP contribution < -0.4 is 16.4 Å². The van der Waals surface area contributed by atoms with Gasteiger partial charge in [-0.3, -0.25) is 9.35 Å². The van der Waals surface area contributed by atoms with Gasteiger partial charge in [0.15, 0.2) is 0 Å². The summed E-state index contributed by atoms with van der Waals surface area (Å²) < 4.78 is 30.7. The van der Waals surface area contributed by atoms with Crippen LogP contribution in [0.3, 0.4) is 0 Å². The van der Waals surface area contributed by atoms with Crippen LogP contribution in [0.25, 0.3) is 0 Å². The van der Waals surface area contributed by atoms with E-state index in [2.05, 4.69) is 20.6 Å². The number of aromatic nitrogens is 2. The Kier molecular flexibility index (Phi) is 6.34. The van der Waals surface area contributed by atoms with Crippen molar-refractivity contribution in [2.45, 2.75) is 32.6 Å². The molecule has 0 radical (unpaired) electrons. The number of nitrogens with two attached hydrogens (primary N) is 1. The third kappa shape index (κ3) is 6.19. The first kappa shape index (κ1) is 20.6. The summed E-state index contributed by atoms with van der Waals surface area (Å²) in [6.45, 7) is 6.05. The lowest BCUT2D eigenvalue weighted by Gasteiger charge is -2.19. The van der Waals surface area contributed by atoms with Crippen molar-refractivity contribution in [3.8, 4) is 0 Å². The van der Waals surface area contributed by atoms with E-state index in [4.69, 9.17) is 10.3 Å². The fraction of sp³-hybridized carbons (Fsp3) is 0.353. The summed E-state index contributed by atoms with van der Waals surface area (Å²) in [7, 11) is -4.08. The fourth-order valence-electron chi connectivity index (χ4n) is 2.14. The Hall–Kier alpha value is -2.72. The molecule has 10 heteroatoms. The first-order valence-corrected chi connectivity index (χ1v) is 9.90. The first-order valence-electron chi connectivity index (χ1n) is 8.29. The van der Waals surface area contributed by atoms with E-state index < -0.39 is 21.8 Å². The van der Waals surface area contributed by atoms with Crippen molar-refractivity contribution in [3.63, 3.8) is 0 Å². The van der Waals surface area contributed by atoms with Crippen LogP contribution in [-0.2, 0) is 15.9 Å². The maximum Gasteiger partial charge on any atom is 0.269 e. The van der Waals surface area contributed by atoms with Gasteiger partial charge in [0.05, 0.1) is 5.56 Å². The highest BCUT2D eigenvalue weighted by atomic mass is 32.2. The van der Waals surface area contributed by atoms with E-state index in [9.17, 15) is 13.2 Å². The van der Waals surface area contributed by atoms with E-state index in [1.54, 1.807) is 24.3 Å². The molecule has 0 fully saturated rings. The lowest BCUT2D eigenvalue weighted by molar-refractivity contribution is 0.100. The zero-order chi connectivity index (χ0) is 20.2. The monoisotopic (exact) mass is 393 g/mol. The molecule has 2 rings (SSSR count). The minimum atomic E-state index is -4.08. The van der Waals surface area contributed by atoms with Crippen molar-refractivity contribution in [2.24, 2.45) is 11.7 Å². The molecule has 9 nitrogen and oxygen atoms in total. The van der Waals surface area contributed by atoms with Gasteiger partial charge < -0.3 is 16.4 Å². The Labute approximate surface area is 158 Å². The predicted molar refractivity (Wildman–Crippen MR) is 103 cm³/mol. The number of rotatable bonds is 8. The van der Waals surface area contributed by atoms with Crippen molar-refractivity contribution in [3.05, 3.63) is 41.6 Å². The Morgan fingerprint density at radius 2 is 1.85 bits per heavy atom. The van der Waals surface area contributed by atoms with Gasteiger partial charge in [-0.25, -0.2) is 4.98 Å². The number of primary amides is 1. The number of benzene rings is 1. The highest BCUT2D eigenvalue weighted by Crippen LogP contribution is 2.20. The average Bonchev–Trinajstić information content (AvgIpc) is 2.55. The molecule has 0 aliphatic rings. The minimum Gasteiger partial charge on any atom is -0.367 e. The molecule has 0 spiro atoms. The van der Waals surface area contributed by atoms with Gasteiger partial charge in [0.25, 0.3) is 16.0 Å². The molecular formula is C17H23N5O4S. The van der Waals surface area contributed by atoms with Crippen LogP contribution in [0, 0.1) is 5.92 Å². The molecule has 0 unspecified atom stereocenters. The number of hydrogen-bond acceptors (Lipinski definition) is 7. The zero-order valence-corrected chi connectivity index (χ0v) is 16.1. The summed E-state index contributed by atoms with van der Waals surface area (Å²) in [5.41, 5.74) is 6.64. The zero-order valence-electron chi connectivity index (χ0n) is 15.3. The van der Waals surface area contributed by atoms with Crippen LogP contribution in [0.4, 0.5) is 17.5 Å². The van der Waals surface area contributed by atoms with Gasteiger partial charge in [-0.15, -0.1) is 0 Å². The number of nitrogens with one attached hydrogen (secondary N) is 2. The number of amides is 1. The van der Waals surface area contributed by atoms with Gasteiger partial charge in [-0.2, -0.15) is 13.4 Å². The molecule has 0 aliphatic carbocycles. The van der Waals surface area contributed by atoms with Crippen molar-refractivity contribution >= 4 is 33.5 Å². The average molecular weight is 393 g/mol. The van der Waals surface area contributed by atoms with Crippen LogP contribution in [0.5, 0.6) is 0 Å². The second kappa shape index (κ2) is 8.31. The van der Waals surface area contributed by atoms with Gasteiger partial charge in [-0.05, 0) is 30.5 Å². The van der Waals surface area contributed by atoms with E-state index in [0.29, 0.717) is 23.0 Å². The number of nitrogens with zero attached hydrogens (tertiary/aromatic N) is 2. The molecule has 1 aromatic heterocycles. The van der Waals surface area contributed by atoms with E-state index in [1.165, 1.54) is 6.20 Å². The molecule has 1 atom stereocenters. The minimum absolute atomic E-state index is 0.0607. The number of carbonyl (C=O) groups excluding carboxylic acids is 1. The van der Waals surface area contributed by atoms with E-state index in [-0.39, 0.29) is 17.6 Å². The smallest absolute Gasteiger partial charge is 0.269 e. The van der Waals surface area contributed by atoms with Crippen LogP contribution in [0.15, 0.2) is 30.5 Å². The van der Waals surface area contributed by atoms with Crippen molar-refractivity contribution in [1.29, 1.82) is 0 Å². The summed E-state index contributed by atoms with van der Waals surface area (Å²) >= 11 is 0. The van der Waals surface area contributed by atoms with Gasteiger partial charge in [0, 0.05) is 17.9 Å². The molecular weight excluding hydrogens is 370 g/mol. The fourth-order valence-corrected chi connectivity index (χ4v) is 2.75. The van der Waals surface area contributed by atoms with Crippen LogP contribution >= 0.6 is 0 Å². The Bertz CT molecular complexity index is 913. The highest BCUT2D eigenvalue weighted by Gasteiger charge is 2.16. The van der Waals surface area contributed by atoms with Gasteiger partial charge in [0.1, 0.15) is 11.6 Å². The maximum absolute atomic E-state index is 11.6. The second-order valence-corrected chi connectivity index (χ2v) is 8.00. The maximum atomic E-state index is 11.6. The molecule has 0 bridgehead atoms. The van der Waals surface area contributed by atoms with E-state index >= 15 is 0 Å². The van der Waals surface area contributed by atoms with Crippen molar-refractivity contribution in [2.75, 3.05) is 10.6 Å². The SMILES string of the molecule is CC(C)[C@H](C)Nc1nc(Nc2ccc(CS(=O)(=O)O)cc2)ncc1C(N)=O. The highest BCUT2D eigenvalue weighted by molar-refractivity contribution is 7.85. The Balaban J connectivity index is 2.22. The summed E-state index contributed by atoms with van der Waals surface area (Å²) in [6.07, 6.45) is 1.35. The summed E-state index contributed by atoms with van der Waals surface area (Å²) in [4.78, 5) is 20.0. The van der Waals surface area contributed by atoms with Crippen LogP contribution in [0.2, 0.25) is 0 Å². The standard InChI is InChI=1S/C17H23N5O4S/c1-10(2)11(3)20-16-14(15(18)23)8-19-17(22-16)21-13-6-4-12(5-7-13)9-27(24,25)26/h4-8,10-11H,9H2,1-3H3,(H2,18,23)(H,24,25,26)(H2,19,20,21,22)/t11-/m0/s1. The molecule has 0 saturated heterocycles. The molecule has 2 aromatic rings. The normalized spacial score (nSPS) is 12.6. The lowest BCUT2D eigenvalue weighted by Crippen LogP contribution is -2.25. The number of anilines is 3. The van der Waals surface area contributed by atoms with Gasteiger partial charge in [0.2, 0.25) is 5.95 Å². The molecule has 27 heavy (non-hydrogen) atoms. The molecule has 1 amide bonds. The second-order valence-electron chi connectivity index (χ2n) is 6.55. The molecule has 0 aliphatic heterocycles. The number of carbonyl (C=O) groups is 1. The lowest BCUT2D eigenvalue weighted by atomic mass is 10.1. The topological polar surface area (TPSA) is 147 Å². The molecule has 5 N–H and O–H groups in total. The molecule has 146 valence electrons. The Morgan fingerprint density at radius 1 is 1.22 bits per heavy atom.